The highest BCUT2D eigenvalue weighted by molar-refractivity contribution is 5.95. The van der Waals surface area contributed by atoms with Crippen LogP contribution in [0.2, 0.25) is 0 Å². The van der Waals surface area contributed by atoms with E-state index < -0.39 is 5.97 Å². The molecule has 0 radical (unpaired) electrons. The molecule has 0 saturated heterocycles. The average molecular weight is 287 g/mol. The number of benzene rings is 1. The van der Waals surface area contributed by atoms with Gasteiger partial charge in [-0.2, -0.15) is 0 Å². The summed E-state index contributed by atoms with van der Waals surface area (Å²) in [7, 11) is 0. The number of rotatable bonds is 6. The Morgan fingerprint density at radius 3 is 2.62 bits per heavy atom. The van der Waals surface area contributed by atoms with Crippen molar-refractivity contribution in [3.8, 4) is 0 Å². The van der Waals surface area contributed by atoms with Gasteiger partial charge in [0.15, 0.2) is 0 Å². The molecule has 1 saturated carbocycles. The number of amides is 1. The summed E-state index contributed by atoms with van der Waals surface area (Å²) < 4.78 is 0. The highest BCUT2D eigenvalue weighted by Crippen LogP contribution is 2.30. The highest BCUT2D eigenvalue weighted by atomic mass is 16.4. The Morgan fingerprint density at radius 1 is 1.38 bits per heavy atom. The summed E-state index contributed by atoms with van der Waals surface area (Å²) in [5, 5.41) is 8.66. The molecule has 0 atom stereocenters. The van der Waals surface area contributed by atoms with Crippen LogP contribution in [0.1, 0.15) is 41.3 Å². The van der Waals surface area contributed by atoms with Gasteiger partial charge >= 0.3 is 5.97 Å². The highest BCUT2D eigenvalue weighted by Gasteiger charge is 2.26. The smallest absolute Gasteiger partial charge is 0.328 e. The molecule has 2 rings (SSSR count). The lowest BCUT2D eigenvalue weighted by Crippen LogP contribution is -2.32. The first-order valence-corrected chi connectivity index (χ1v) is 7.32. The van der Waals surface area contributed by atoms with Gasteiger partial charge in [0, 0.05) is 24.7 Å². The zero-order valence-corrected chi connectivity index (χ0v) is 12.5. The molecule has 1 aliphatic rings. The van der Waals surface area contributed by atoms with E-state index >= 15 is 0 Å². The maximum atomic E-state index is 12.5. The molecule has 0 aliphatic heterocycles. The molecule has 0 heterocycles. The number of hydrogen-bond donors (Lipinski definition) is 1. The van der Waals surface area contributed by atoms with E-state index in [0.717, 1.165) is 30.3 Å². The van der Waals surface area contributed by atoms with Crippen molar-refractivity contribution in [1.29, 1.82) is 0 Å². The molecule has 0 aromatic heterocycles. The van der Waals surface area contributed by atoms with Gasteiger partial charge < -0.3 is 10.0 Å². The maximum absolute atomic E-state index is 12.5. The van der Waals surface area contributed by atoms with Crippen molar-refractivity contribution in [2.75, 3.05) is 13.1 Å². The first-order chi connectivity index (χ1) is 10.0. The van der Waals surface area contributed by atoms with E-state index in [0.29, 0.717) is 11.5 Å². The summed E-state index contributed by atoms with van der Waals surface area (Å²) in [5.74, 6) is -0.245. The minimum Gasteiger partial charge on any atom is -0.478 e. The summed E-state index contributed by atoms with van der Waals surface area (Å²) in [6, 6.07) is 5.40. The van der Waals surface area contributed by atoms with Gasteiger partial charge in [-0.15, -0.1) is 0 Å². The summed E-state index contributed by atoms with van der Waals surface area (Å²) in [6.07, 6.45) is 5.10. The lowest BCUT2D eigenvalue weighted by Gasteiger charge is -2.21. The number of nitrogens with zero attached hydrogens (tertiary/aromatic N) is 1. The lowest BCUT2D eigenvalue weighted by atomic mass is 10.0. The standard InChI is InChI=1S/C17H21NO3/c1-3-18(11-13-4-5-13)17(21)15-7-6-14(12(2)10-15)8-9-16(19)20/h6-10,13H,3-5,11H2,1-2H3,(H,19,20)/b9-8+. The first kappa shape index (κ1) is 15.3. The Balaban J connectivity index is 2.14. The van der Waals surface area contributed by atoms with Gasteiger partial charge in [0.1, 0.15) is 0 Å². The van der Waals surface area contributed by atoms with E-state index in [1.54, 1.807) is 18.2 Å². The van der Waals surface area contributed by atoms with E-state index in [4.69, 9.17) is 5.11 Å². The molecule has 0 spiro atoms. The Kier molecular flexibility index (Phi) is 4.78. The van der Waals surface area contributed by atoms with Crippen LogP contribution in [0.4, 0.5) is 0 Å². The molecule has 1 amide bonds. The van der Waals surface area contributed by atoms with Gasteiger partial charge in [-0.1, -0.05) is 6.07 Å². The second-order valence-electron chi connectivity index (χ2n) is 5.53. The number of carbonyl (C=O) groups is 2. The van der Waals surface area contributed by atoms with Crippen LogP contribution in [-0.4, -0.2) is 35.0 Å². The third kappa shape index (κ3) is 4.18. The number of carboxylic acid groups (broad SMARTS) is 1. The van der Waals surface area contributed by atoms with E-state index in [1.807, 2.05) is 24.8 Å². The molecule has 1 aliphatic carbocycles. The zero-order valence-electron chi connectivity index (χ0n) is 12.5. The van der Waals surface area contributed by atoms with Gasteiger partial charge in [0.2, 0.25) is 0 Å². The van der Waals surface area contributed by atoms with Gasteiger partial charge in [-0.25, -0.2) is 4.79 Å². The molecule has 1 aromatic rings. The molecular formula is C17H21NO3. The molecule has 1 fully saturated rings. The second-order valence-corrected chi connectivity index (χ2v) is 5.53. The third-order valence-electron chi connectivity index (χ3n) is 3.77. The minimum atomic E-state index is -0.976. The average Bonchev–Trinajstić information content (AvgIpc) is 3.26. The van der Waals surface area contributed by atoms with Gasteiger partial charge in [0.05, 0.1) is 0 Å². The number of aliphatic carboxylic acids is 1. The second kappa shape index (κ2) is 6.57. The fourth-order valence-electron chi connectivity index (χ4n) is 2.31. The molecular weight excluding hydrogens is 266 g/mol. The van der Waals surface area contributed by atoms with Crippen molar-refractivity contribution in [2.24, 2.45) is 5.92 Å². The van der Waals surface area contributed by atoms with Crippen LogP contribution in [-0.2, 0) is 4.79 Å². The number of carbonyl (C=O) groups excluding carboxylic acids is 1. The van der Waals surface area contributed by atoms with E-state index in [9.17, 15) is 9.59 Å². The topological polar surface area (TPSA) is 57.6 Å². The normalized spacial score (nSPS) is 14.4. The lowest BCUT2D eigenvalue weighted by molar-refractivity contribution is -0.131. The fourth-order valence-corrected chi connectivity index (χ4v) is 2.31. The van der Waals surface area contributed by atoms with Crippen molar-refractivity contribution in [1.82, 2.24) is 4.90 Å². The predicted molar refractivity (Wildman–Crippen MR) is 82.2 cm³/mol. The monoisotopic (exact) mass is 287 g/mol. The van der Waals surface area contributed by atoms with Crippen molar-refractivity contribution >= 4 is 18.0 Å². The Labute approximate surface area is 125 Å². The fraction of sp³-hybridized carbons (Fsp3) is 0.412. The van der Waals surface area contributed by atoms with Gasteiger partial charge in [0.25, 0.3) is 5.91 Å². The van der Waals surface area contributed by atoms with E-state index in [2.05, 4.69) is 0 Å². The Hall–Kier alpha value is -2.10. The van der Waals surface area contributed by atoms with Crippen molar-refractivity contribution < 1.29 is 14.7 Å². The SMILES string of the molecule is CCN(CC1CC1)C(=O)c1ccc(/C=C/C(=O)O)c(C)c1. The molecule has 112 valence electrons. The quantitative estimate of drug-likeness (QED) is 0.818. The zero-order chi connectivity index (χ0) is 15.4. The Morgan fingerprint density at radius 2 is 2.10 bits per heavy atom. The van der Waals surface area contributed by atoms with E-state index in [-0.39, 0.29) is 5.91 Å². The minimum absolute atomic E-state index is 0.0567. The molecule has 0 unspecified atom stereocenters. The van der Waals surface area contributed by atoms with Crippen molar-refractivity contribution in [2.45, 2.75) is 26.7 Å². The summed E-state index contributed by atoms with van der Waals surface area (Å²) in [4.78, 5) is 24.9. The molecule has 1 aromatic carbocycles. The van der Waals surface area contributed by atoms with Crippen LogP contribution in [0, 0.1) is 12.8 Å². The van der Waals surface area contributed by atoms with Crippen LogP contribution in [0.3, 0.4) is 0 Å². The molecule has 0 bridgehead atoms. The molecule has 21 heavy (non-hydrogen) atoms. The third-order valence-corrected chi connectivity index (χ3v) is 3.77. The van der Waals surface area contributed by atoms with Crippen molar-refractivity contribution in [3.05, 3.63) is 41.0 Å². The van der Waals surface area contributed by atoms with Crippen molar-refractivity contribution in [3.63, 3.8) is 0 Å². The van der Waals surface area contributed by atoms with Gasteiger partial charge in [-0.05, 0) is 61.9 Å². The molecule has 4 heteroatoms. The first-order valence-electron chi connectivity index (χ1n) is 7.32. The van der Waals surface area contributed by atoms with Gasteiger partial charge in [-0.3, -0.25) is 4.79 Å². The predicted octanol–water partition coefficient (Wildman–Crippen LogP) is 2.96. The van der Waals surface area contributed by atoms with Crippen LogP contribution >= 0.6 is 0 Å². The molecule has 1 N–H and O–H groups in total. The summed E-state index contributed by atoms with van der Waals surface area (Å²) >= 11 is 0. The van der Waals surface area contributed by atoms with Crippen LogP contribution in [0.25, 0.3) is 6.08 Å². The van der Waals surface area contributed by atoms with Crippen LogP contribution < -0.4 is 0 Å². The largest absolute Gasteiger partial charge is 0.478 e. The number of hydrogen-bond acceptors (Lipinski definition) is 2. The van der Waals surface area contributed by atoms with E-state index in [1.165, 1.54) is 12.8 Å². The number of aryl methyl sites for hydroxylation is 1. The van der Waals surface area contributed by atoms with Crippen LogP contribution in [0.15, 0.2) is 24.3 Å². The Bertz CT molecular complexity index is 573. The number of carboxylic acids is 1. The summed E-state index contributed by atoms with van der Waals surface area (Å²) in [6.45, 7) is 5.44. The summed E-state index contributed by atoms with van der Waals surface area (Å²) in [5.41, 5.74) is 2.39. The molecule has 4 nitrogen and oxygen atoms in total. The van der Waals surface area contributed by atoms with Crippen LogP contribution in [0.5, 0.6) is 0 Å². The maximum Gasteiger partial charge on any atom is 0.328 e.